The van der Waals surface area contributed by atoms with Crippen molar-refractivity contribution in [3.8, 4) is 0 Å². The minimum Gasteiger partial charge on any atom is -0.336 e. The van der Waals surface area contributed by atoms with Crippen LogP contribution < -0.4 is 9.80 Å². The summed E-state index contributed by atoms with van der Waals surface area (Å²) in [6.07, 6.45) is 0.848. The monoisotopic (exact) mass is 458 g/mol. The molecular weight excluding hydrogens is 440 g/mol. The van der Waals surface area contributed by atoms with Gasteiger partial charge in [0.15, 0.2) is 0 Å². The predicted molar refractivity (Wildman–Crippen MR) is 122 cm³/mol. The fourth-order valence-electron chi connectivity index (χ4n) is 4.14. The molecule has 30 heavy (non-hydrogen) atoms. The van der Waals surface area contributed by atoms with Crippen LogP contribution in [0.3, 0.4) is 0 Å². The first-order valence-corrected chi connectivity index (χ1v) is 10.6. The maximum absolute atomic E-state index is 13.6. The summed E-state index contributed by atoms with van der Waals surface area (Å²) in [5.41, 5.74) is 5.54. The van der Waals surface area contributed by atoms with Crippen molar-refractivity contribution in [2.24, 2.45) is 0 Å². The Balaban J connectivity index is 1.68. The number of imide groups is 1. The zero-order valence-corrected chi connectivity index (χ0v) is 18.0. The van der Waals surface area contributed by atoms with Gasteiger partial charge in [0.25, 0.3) is 11.8 Å². The van der Waals surface area contributed by atoms with Crippen molar-refractivity contribution >= 4 is 44.7 Å². The number of nitrogens with zero attached hydrogens (tertiary/aromatic N) is 2. The molecule has 0 aliphatic carbocycles. The predicted octanol–water partition coefficient (Wildman–Crippen LogP) is 5.10. The van der Waals surface area contributed by atoms with E-state index in [1.54, 1.807) is 12.1 Å². The van der Waals surface area contributed by atoms with Gasteiger partial charge < -0.3 is 4.90 Å². The van der Waals surface area contributed by atoms with E-state index < -0.39 is 0 Å². The topological polar surface area (TPSA) is 40.6 Å². The van der Waals surface area contributed by atoms with Crippen LogP contribution >= 0.6 is 15.9 Å². The number of anilines is 2. The zero-order valence-electron chi connectivity index (χ0n) is 16.4. The van der Waals surface area contributed by atoms with Gasteiger partial charge in [-0.05, 0) is 54.8 Å². The van der Waals surface area contributed by atoms with Crippen molar-refractivity contribution in [3.05, 3.63) is 99.7 Å². The van der Waals surface area contributed by atoms with E-state index in [2.05, 4.69) is 22.0 Å². The minimum atomic E-state index is -0.287. The highest BCUT2D eigenvalue weighted by Gasteiger charge is 2.44. The number of hydrogen-bond acceptors (Lipinski definition) is 3. The van der Waals surface area contributed by atoms with Crippen molar-refractivity contribution in [2.45, 2.75) is 13.3 Å². The Morgan fingerprint density at radius 3 is 2.27 bits per heavy atom. The van der Waals surface area contributed by atoms with Crippen LogP contribution in [0, 0.1) is 6.92 Å². The lowest BCUT2D eigenvalue weighted by molar-refractivity contribution is -0.120. The lowest BCUT2D eigenvalue weighted by Crippen LogP contribution is -2.34. The summed E-state index contributed by atoms with van der Waals surface area (Å²) in [6, 6.07) is 23.1. The maximum atomic E-state index is 13.6. The maximum Gasteiger partial charge on any atom is 0.282 e. The smallest absolute Gasteiger partial charge is 0.282 e. The molecule has 3 aromatic carbocycles. The van der Waals surface area contributed by atoms with Crippen molar-refractivity contribution in [1.82, 2.24) is 0 Å². The van der Waals surface area contributed by atoms with Gasteiger partial charge in [0.1, 0.15) is 5.70 Å². The summed E-state index contributed by atoms with van der Waals surface area (Å²) in [4.78, 5) is 30.5. The van der Waals surface area contributed by atoms with E-state index in [1.165, 1.54) is 10.5 Å². The molecule has 4 nitrogen and oxygen atoms in total. The summed E-state index contributed by atoms with van der Waals surface area (Å²) < 4.78 is 0.894. The van der Waals surface area contributed by atoms with Gasteiger partial charge in [0, 0.05) is 16.7 Å². The molecule has 0 unspecified atom stereocenters. The molecule has 0 radical (unpaired) electrons. The molecule has 0 fully saturated rings. The molecule has 0 atom stereocenters. The third-order valence-corrected chi connectivity index (χ3v) is 6.17. The van der Waals surface area contributed by atoms with Crippen molar-refractivity contribution in [3.63, 3.8) is 0 Å². The Morgan fingerprint density at radius 1 is 0.833 bits per heavy atom. The van der Waals surface area contributed by atoms with E-state index in [9.17, 15) is 9.59 Å². The highest BCUT2D eigenvalue weighted by atomic mass is 79.9. The Morgan fingerprint density at radius 2 is 1.53 bits per heavy atom. The molecule has 0 bridgehead atoms. The molecule has 0 N–H and O–H groups in total. The Labute approximate surface area is 183 Å². The third kappa shape index (κ3) is 2.97. The number of amides is 2. The molecule has 2 amide bonds. The molecule has 2 aliphatic rings. The number of rotatable bonds is 3. The zero-order chi connectivity index (χ0) is 20.8. The lowest BCUT2D eigenvalue weighted by atomic mass is 10.0. The molecule has 5 heteroatoms. The third-order valence-electron chi connectivity index (χ3n) is 5.64. The van der Waals surface area contributed by atoms with Gasteiger partial charge in [-0.25, -0.2) is 4.90 Å². The largest absolute Gasteiger partial charge is 0.336 e. The van der Waals surface area contributed by atoms with E-state index in [-0.39, 0.29) is 11.8 Å². The van der Waals surface area contributed by atoms with Gasteiger partial charge in [-0.3, -0.25) is 9.59 Å². The van der Waals surface area contributed by atoms with Gasteiger partial charge >= 0.3 is 0 Å². The number of carbonyl (C=O) groups is 2. The normalized spacial score (nSPS) is 15.9. The van der Waals surface area contributed by atoms with Crippen LogP contribution in [-0.4, -0.2) is 18.4 Å². The first-order valence-electron chi connectivity index (χ1n) is 9.86. The van der Waals surface area contributed by atoms with Crippen LogP contribution in [0.2, 0.25) is 0 Å². The fraction of sp³-hybridized carbons (Fsp3) is 0.120. The summed E-state index contributed by atoms with van der Waals surface area (Å²) in [5, 5.41) is 0. The fourth-order valence-corrected chi connectivity index (χ4v) is 4.41. The molecule has 0 spiro atoms. The second kappa shape index (κ2) is 7.26. The molecule has 0 saturated heterocycles. The van der Waals surface area contributed by atoms with E-state index in [0.29, 0.717) is 23.5 Å². The number of fused-ring (bicyclic) bond motifs is 1. The Bertz CT molecular complexity index is 1200. The summed E-state index contributed by atoms with van der Waals surface area (Å²) >= 11 is 3.42. The number of halogens is 1. The SMILES string of the molecule is Cc1ccc(C2=C(N3CCc4ccccc43)C(=O)N(c3ccc(Br)cc3)C2=O)cc1. The Kier molecular flexibility index (Phi) is 4.55. The van der Waals surface area contributed by atoms with Crippen LogP contribution in [-0.2, 0) is 16.0 Å². The number of hydrogen-bond donors (Lipinski definition) is 0. The van der Waals surface area contributed by atoms with Crippen LogP contribution in [0.4, 0.5) is 11.4 Å². The van der Waals surface area contributed by atoms with Crippen LogP contribution in [0.25, 0.3) is 5.57 Å². The van der Waals surface area contributed by atoms with Crippen LogP contribution in [0.1, 0.15) is 16.7 Å². The number of aryl methyl sites for hydroxylation is 1. The molecule has 0 aromatic heterocycles. The molecule has 148 valence electrons. The van der Waals surface area contributed by atoms with Crippen molar-refractivity contribution in [1.29, 1.82) is 0 Å². The van der Waals surface area contributed by atoms with Gasteiger partial charge in [0.05, 0.1) is 11.3 Å². The van der Waals surface area contributed by atoms with E-state index in [4.69, 9.17) is 0 Å². The molecule has 2 heterocycles. The Hall–Kier alpha value is -3.18. The molecule has 2 aliphatic heterocycles. The highest BCUT2D eigenvalue weighted by Crippen LogP contribution is 2.40. The van der Waals surface area contributed by atoms with Gasteiger partial charge in [-0.2, -0.15) is 0 Å². The molecule has 3 aromatic rings. The van der Waals surface area contributed by atoms with E-state index in [1.807, 2.05) is 66.4 Å². The minimum absolute atomic E-state index is 0.283. The lowest BCUT2D eigenvalue weighted by Gasteiger charge is -2.22. The van der Waals surface area contributed by atoms with E-state index in [0.717, 1.165) is 27.7 Å². The van der Waals surface area contributed by atoms with E-state index >= 15 is 0 Å². The number of para-hydroxylation sites is 1. The van der Waals surface area contributed by atoms with Gasteiger partial charge in [0.2, 0.25) is 0 Å². The van der Waals surface area contributed by atoms with Gasteiger partial charge in [-0.1, -0.05) is 64.0 Å². The van der Waals surface area contributed by atoms with Gasteiger partial charge in [-0.15, -0.1) is 0 Å². The van der Waals surface area contributed by atoms with Crippen LogP contribution in [0.15, 0.2) is 83.0 Å². The number of carbonyl (C=O) groups excluding carboxylic acids is 2. The second-order valence-corrected chi connectivity index (χ2v) is 8.46. The standard InChI is InChI=1S/C25H19BrN2O2/c1-16-6-8-18(9-7-16)22-23(27-15-14-17-4-2-3-5-21(17)27)25(30)28(24(22)29)20-12-10-19(26)11-13-20/h2-13H,14-15H2,1H3. The number of benzene rings is 3. The first-order chi connectivity index (χ1) is 14.5. The summed E-state index contributed by atoms with van der Waals surface area (Å²) in [5.74, 6) is -0.569. The quantitative estimate of drug-likeness (QED) is 0.512. The van der Waals surface area contributed by atoms with Crippen molar-refractivity contribution in [2.75, 3.05) is 16.3 Å². The molecule has 5 rings (SSSR count). The molecule has 0 saturated carbocycles. The molecular formula is C25H19BrN2O2. The first kappa shape index (κ1) is 18.8. The van der Waals surface area contributed by atoms with Crippen LogP contribution in [0.5, 0.6) is 0 Å². The highest BCUT2D eigenvalue weighted by molar-refractivity contribution is 9.10. The average molecular weight is 459 g/mol. The second-order valence-electron chi connectivity index (χ2n) is 7.54. The van der Waals surface area contributed by atoms with Crippen molar-refractivity contribution < 1.29 is 9.59 Å². The summed E-state index contributed by atoms with van der Waals surface area (Å²) in [6.45, 7) is 2.68. The summed E-state index contributed by atoms with van der Waals surface area (Å²) in [7, 11) is 0. The average Bonchev–Trinajstić information content (AvgIpc) is 3.28.